The highest BCUT2D eigenvalue weighted by Crippen LogP contribution is 2.30. The molecule has 0 radical (unpaired) electrons. The van der Waals surface area contributed by atoms with Crippen molar-refractivity contribution in [3.63, 3.8) is 0 Å². The number of nitrogens with zero attached hydrogens (tertiary/aromatic N) is 1. The Morgan fingerprint density at radius 2 is 2.05 bits per heavy atom. The molecule has 2 aliphatic heterocycles. The van der Waals surface area contributed by atoms with Gasteiger partial charge in [0.15, 0.2) is 0 Å². The Labute approximate surface area is 126 Å². The fourth-order valence-electron chi connectivity index (χ4n) is 3.50. The van der Waals surface area contributed by atoms with Gasteiger partial charge in [0.1, 0.15) is 5.75 Å². The summed E-state index contributed by atoms with van der Waals surface area (Å²) in [5.41, 5.74) is 1.17. The highest BCUT2D eigenvalue weighted by atomic mass is 16.5. The van der Waals surface area contributed by atoms with Crippen LogP contribution in [0.5, 0.6) is 5.75 Å². The van der Waals surface area contributed by atoms with Crippen molar-refractivity contribution in [3.8, 4) is 5.75 Å². The normalized spacial score (nSPS) is 26.1. The Hall–Kier alpha value is -1.55. The van der Waals surface area contributed by atoms with E-state index < -0.39 is 0 Å². The van der Waals surface area contributed by atoms with Crippen LogP contribution in [0.2, 0.25) is 0 Å². The van der Waals surface area contributed by atoms with Crippen molar-refractivity contribution in [2.75, 3.05) is 26.7 Å². The zero-order valence-electron chi connectivity index (χ0n) is 12.7. The number of fused-ring (bicyclic) bond motifs is 1. The van der Waals surface area contributed by atoms with E-state index in [4.69, 9.17) is 4.74 Å². The lowest BCUT2D eigenvalue weighted by Gasteiger charge is -2.29. The SMILES string of the molecule is COc1ccc(CN2CCC3CNCCC3CC2=O)cc1. The molecule has 21 heavy (non-hydrogen) atoms. The molecular formula is C17H24N2O2. The number of carbonyl (C=O) groups is 1. The molecule has 1 aromatic carbocycles. The van der Waals surface area contributed by atoms with Crippen molar-refractivity contribution in [1.29, 1.82) is 0 Å². The van der Waals surface area contributed by atoms with Gasteiger partial charge >= 0.3 is 0 Å². The molecule has 2 fully saturated rings. The number of nitrogens with one attached hydrogen (secondary N) is 1. The van der Waals surface area contributed by atoms with Gasteiger partial charge in [-0.3, -0.25) is 4.79 Å². The van der Waals surface area contributed by atoms with Gasteiger partial charge in [-0.2, -0.15) is 0 Å². The molecule has 0 bridgehead atoms. The summed E-state index contributed by atoms with van der Waals surface area (Å²) in [6.07, 6.45) is 2.99. The number of piperidine rings is 1. The molecule has 4 nitrogen and oxygen atoms in total. The number of rotatable bonds is 3. The highest BCUT2D eigenvalue weighted by molar-refractivity contribution is 5.76. The van der Waals surface area contributed by atoms with E-state index in [1.54, 1.807) is 7.11 Å². The molecule has 0 spiro atoms. The smallest absolute Gasteiger partial charge is 0.223 e. The van der Waals surface area contributed by atoms with Gasteiger partial charge in [-0.15, -0.1) is 0 Å². The van der Waals surface area contributed by atoms with Gasteiger partial charge in [0.25, 0.3) is 0 Å². The third kappa shape index (κ3) is 3.38. The highest BCUT2D eigenvalue weighted by Gasteiger charge is 2.32. The lowest BCUT2D eigenvalue weighted by atomic mass is 9.83. The molecule has 114 valence electrons. The monoisotopic (exact) mass is 288 g/mol. The molecule has 0 aliphatic carbocycles. The second-order valence-corrected chi connectivity index (χ2v) is 6.17. The van der Waals surface area contributed by atoms with Crippen molar-refractivity contribution in [2.45, 2.75) is 25.8 Å². The molecule has 1 N–H and O–H groups in total. The van der Waals surface area contributed by atoms with Crippen LogP contribution < -0.4 is 10.1 Å². The van der Waals surface area contributed by atoms with Crippen LogP contribution in [0.1, 0.15) is 24.8 Å². The quantitative estimate of drug-likeness (QED) is 0.925. The maximum atomic E-state index is 12.5. The number of likely N-dealkylation sites (tertiary alicyclic amines) is 1. The third-order valence-electron chi connectivity index (χ3n) is 4.86. The number of benzene rings is 1. The molecule has 2 heterocycles. The van der Waals surface area contributed by atoms with E-state index in [-0.39, 0.29) is 0 Å². The van der Waals surface area contributed by atoms with Crippen molar-refractivity contribution in [1.82, 2.24) is 10.2 Å². The number of ether oxygens (including phenoxy) is 1. The number of hydrogen-bond donors (Lipinski definition) is 1. The van der Waals surface area contributed by atoms with Gasteiger partial charge in [0, 0.05) is 19.5 Å². The van der Waals surface area contributed by atoms with Gasteiger partial charge < -0.3 is 15.0 Å². The Morgan fingerprint density at radius 3 is 2.81 bits per heavy atom. The van der Waals surface area contributed by atoms with Gasteiger partial charge in [-0.05, 0) is 55.5 Å². The first-order valence-electron chi connectivity index (χ1n) is 7.87. The summed E-state index contributed by atoms with van der Waals surface area (Å²) in [6, 6.07) is 8.01. The predicted octanol–water partition coefficient (Wildman–Crippen LogP) is 2.04. The Kier molecular flexibility index (Phi) is 4.44. The van der Waals surface area contributed by atoms with Crippen LogP contribution >= 0.6 is 0 Å². The first-order chi connectivity index (χ1) is 10.3. The largest absolute Gasteiger partial charge is 0.497 e. The van der Waals surface area contributed by atoms with Gasteiger partial charge in [0.2, 0.25) is 5.91 Å². The molecule has 2 aliphatic rings. The molecule has 0 aromatic heterocycles. The van der Waals surface area contributed by atoms with E-state index in [9.17, 15) is 4.79 Å². The molecule has 2 atom stereocenters. The van der Waals surface area contributed by atoms with Crippen LogP contribution in [-0.2, 0) is 11.3 Å². The van der Waals surface area contributed by atoms with E-state index in [1.807, 2.05) is 29.2 Å². The van der Waals surface area contributed by atoms with Crippen molar-refractivity contribution in [3.05, 3.63) is 29.8 Å². The summed E-state index contributed by atoms with van der Waals surface area (Å²) in [4.78, 5) is 14.5. The zero-order valence-corrected chi connectivity index (χ0v) is 12.7. The Balaban J connectivity index is 1.65. The number of carbonyl (C=O) groups excluding carboxylic acids is 1. The number of hydrogen-bond acceptors (Lipinski definition) is 3. The second-order valence-electron chi connectivity index (χ2n) is 6.17. The molecule has 0 saturated carbocycles. The minimum atomic E-state index is 0.320. The lowest BCUT2D eigenvalue weighted by molar-refractivity contribution is -0.132. The van der Waals surface area contributed by atoms with Crippen LogP contribution in [0.3, 0.4) is 0 Å². The first kappa shape index (κ1) is 14.4. The second kappa shape index (κ2) is 6.48. The summed E-state index contributed by atoms with van der Waals surface area (Å²) in [7, 11) is 1.67. The van der Waals surface area contributed by atoms with E-state index in [1.165, 1.54) is 5.56 Å². The average Bonchev–Trinajstić information content (AvgIpc) is 2.67. The summed E-state index contributed by atoms with van der Waals surface area (Å²) in [5, 5.41) is 3.46. The minimum absolute atomic E-state index is 0.320. The maximum Gasteiger partial charge on any atom is 0.223 e. The van der Waals surface area contributed by atoms with Gasteiger partial charge in [-0.25, -0.2) is 0 Å². The van der Waals surface area contributed by atoms with Crippen LogP contribution in [0.15, 0.2) is 24.3 Å². The molecule has 3 rings (SSSR count). The average molecular weight is 288 g/mol. The summed E-state index contributed by atoms with van der Waals surface area (Å²) in [5.74, 6) is 2.43. The van der Waals surface area contributed by atoms with Crippen LogP contribution in [0.25, 0.3) is 0 Å². The Bertz CT molecular complexity index is 486. The molecule has 1 aromatic rings. The van der Waals surface area contributed by atoms with E-state index >= 15 is 0 Å². The Morgan fingerprint density at radius 1 is 1.24 bits per heavy atom. The van der Waals surface area contributed by atoms with E-state index in [0.717, 1.165) is 51.2 Å². The lowest BCUT2D eigenvalue weighted by Crippen LogP contribution is -2.36. The fourth-order valence-corrected chi connectivity index (χ4v) is 3.50. The first-order valence-corrected chi connectivity index (χ1v) is 7.87. The van der Waals surface area contributed by atoms with Crippen molar-refractivity contribution >= 4 is 5.91 Å². The summed E-state index contributed by atoms with van der Waals surface area (Å²) in [6.45, 7) is 3.74. The van der Waals surface area contributed by atoms with Crippen LogP contribution in [-0.4, -0.2) is 37.6 Å². The summed E-state index contributed by atoms with van der Waals surface area (Å²) < 4.78 is 5.18. The minimum Gasteiger partial charge on any atom is -0.497 e. The van der Waals surface area contributed by atoms with Crippen molar-refractivity contribution < 1.29 is 9.53 Å². The number of methoxy groups -OCH3 is 1. The van der Waals surface area contributed by atoms with Crippen LogP contribution in [0.4, 0.5) is 0 Å². The molecule has 1 amide bonds. The molecule has 2 saturated heterocycles. The van der Waals surface area contributed by atoms with Crippen LogP contribution in [0, 0.1) is 11.8 Å². The molecule has 2 unspecified atom stereocenters. The molecule has 4 heteroatoms. The molecular weight excluding hydrogens is 264 g/mol. The fraction of sp³-hybridized carbons (Fsp3) is 0.588. The number of amides is 1. The van der Waals surface area contributed by atoms with Gasteiger partial charge in [0.05, 0.1) is 7.11 Å². The van der Waals surface area contributed by atoms with E-state index in [0.29, 0.717) is 17.7 Å². The predicted molar refractivity (Wildman–Crippen MR) is 82.1 cm³/mol. The third-order valence-corrected chi connectivity index (χ3v) is 4.86. The van der Waals surface area contributed by atoms with Crippen molar-refractivity contribution in [2.24, 2.45) is 11.8 Å². The maximum absolute atomic E-state index is 12.5. The standard InChI is InChI=1S/C17H24N2O2/c1-21-16-4-2-13(3-5-16)12-19-9-7-15-11-18-8-6-14(15)10-17(19)20/h2-5,14-15,18H,6-12H2,1H3. The summed E-state index contributed by atoms with van der Waals surface area (Å²) >= 11 is 0. The van der Waals surface area contributed by atoms with E-state index in [2.05, 4.69) is 5.32 Å². The zero-order chi connectivity index (χ0) is 14.7. The topological polar surface area (TPSA) is 41.6 Å². The van der Waals surface area contributed by atoms with Gasteiger partial charge in [-0.1, -0.05) is 12.1 Å².